The molecular weight excluding hydrogens is 286 g/mol. The monoisotopic (exact) mass is 307 g/mol. The van der Waals surface area contributed by atoms with Gasteiger partial charge in [-0.1, -0.05) is 18.5 Å². The standard InChI is InChI=1S/C16H22ClN3O/c1-5-13-16(17)14(20(6-2)19-13)9-21-15-8-10(3)12(18)7-11(15)4/h7-8H,5-6,9,18H2,1-4H3. The molecule has 0 atom stereocenters. The number of aryl methyl sites for hydroxylation is 4. The molecule has 2 aromatic rings. The molecule has 1 aromatic heterocycles. The van der Waals surface area contributed by atoms with Gasteiger partial charge >= 0.3 is 0 Å². The van der Waals surface area contributed by atoms with Crippen LogP contribution in [-0.4, -0.2) is 9.78 Å². The van der Waals surface area contributed by atoms with Crippen LogP contribution in [0.25, 0.3) is 0 Å². The maximum atomic E-state index is 6.39. The van der Waals surface area contributed by atoms with E-state index in [1.54, 1.807) is 0 Å². The maximum Gasteiger partial charge on any atom is 0.131 e. The fourth-order valence-corrected chi connectivity index (χ4v) is 2.59. The lowest BCUT2D eigenvalue weighted by Gasteiger charge is -2.12. The van der Waals surface area contributed by atoms with Crippen LogP contribution in [0.3, 0.4) is 0 Å². The first-order valence-electron chi connectivity index (χ1n) is 7.21. The predicted molar refractivity (Wildman–Crippen MR) is 86.9 cm³/mol. The summed E-state index contributed by atoms with van der Waals surface area (Å²) in [6.45, 7) is 9.24. The Balaban J connectivity index is 2.24. The lowest BCUT2D eigenvalue weighted by atomic mass is 10.1. The molecule has 114 valence electrons. The first-order chi connectivity index (χ1) is 9.97. The highest BCUT2D eigenvalue weighted by molar-refractivity contribution is 6.31. The maximum absolute atomic E-state index is 6.39. The number of benzene rings is 1. The summed E-state index contributed by atoms with van der Waals surface area (Å²) in [6.07, 6.45) is 0.818. The zero-order valence-corrected chi connectivity index (χ0v) is 13.8. The molecule has 4 nitrogen and oxygen atoms in total. The van der Waals surface area contributed by atoms with Crippen molar-refractivity contribution in [1.29, 1.82) is 0 Å². The van der Waals surface area contributed by atoms with Gasteiger partial charge in [0.05, 0.1) is 16.4 Å². The Bertz CT molecular complexity index is 649. The molecule has 0 spiro atoms. The molecular formula is C16H22ClN3O. The number of ether oxygens (including phenoxy) is 1. The number of halogens is 1. The first-order valence-corrected chi connectivity index (χ1v) is 7.59. The van der Waals surface area contributed by atoms with Gasteiger partial charge in [-0.3, -0.25) is 4.68 Å². The fraction of sp³-hybridized carbons (Fsp3) is 0.438. The molecule has 5 heteroatoms. The number of hydrogen-bond acceptors (Lipinski definition) is 3. The molecule has 0 bridgehead atoms. The van der Waals surface area contributed by atoms with Crippen molar-refractivity contribution in [1.82, 2.24) is 9.78 Å². The van der Waals surface area contributed by atoms with Crippen LogP contribution in [-0.2, 0) is 19.6 Å². The van der Waals surface area contributed by atoms with E-state index in [0.29, 0.717) is 11.6 Å². The van der Waals surface area contributed by atoms with E-state index < -0.39 is 0 Å². The van der Waals surface area contributed by atoms with Gasteiger partial charge in [0.1, 0.15) is 12.4 Å². The second-order valence-corrected chi connectivity index (χ2v) is 5.52. The van der Waals surface area contributed by atoms with Crippen molar-refractivity contribution < 1.29 is 4.74 Å². The Morgan fingerprint density at radius 1 is 1.24 bits per heavy atom. The third kappa shape index (κ3) is 3.16. The number of rotatable bonds is 5. The van der Waals surface area contributed by atoms with Gasteiger partial charge in [-0.25, -0.2) is 0 Å². The van der Waals surface area contributed by atoms with Crippen molar-refractivity contribution in [3.8, 4) is 5.75 Å². The fourth-order valence-electron chi connectivity index (χ4n) is 2.27. The summed E-state index contributed by atoms with van der Waals surface area (Å²) in [5.74, 6) is 0.833. The Morgan fingerprint density at radius 2 is 1.95 bits per heavy atom. The summed E-state index contributed by atoms with van der Waals surface area (Å²) in [6, 6.07) is 3.90. The molecule has 0 aliphatic heterocycles. The summed E-state index contributed by atoms with van der Waals surface area (Å²) >= 11 is 6.39. The Hall–Kier alpha value is -1.68. The molecule has 0 aliphatic carbocycles. The molecule has 0 saturated carbocycles. The minimum absolute atomic E-state index is 0.407. The smallest absolute Gasteiger partial charge is 0.131 e. The lowest BCUT2D eigenvalue weighted by Crippen LogP contribution is -2.07. The average Bonchev–Trinajstić information content (AvgIpc) is 2.77. The van der Waals surface area contributed by atoms with E-state index in [9.17, 15) is 0 Å². The van der Waals surface area contributed by atoms with Crippen LogP contribution in [0.2, 0.25) is 5.02 Å². The summed E-state index contributed by atoms with van der Waals surface area (Å²) in [4.78, 5) is 0. The number of hydrogen-bond donors (Lipinski definition) is 1. The van der Waals surface area contributed by atoms with Crippen LogP contribution < -0.4 is 10.5 Å². The van der Waals surface area contributed by atoms with Crippen LogP contribution in [0.1, 0.15) is 36.4 Å². The molecule has 21 heavy (non-hydrogen) atoms. The van der Waals surface area contributed by atoms with E-state index in [1.165, 1.54) is 0 Å². The molecule has 2 rings (SSSR count). The quantitative estimate of drug-likeness (QED) is 0.852. The van der Waals surface area contributed by atoms with E-state index in [2.05, 4.69) is 5.10 Å². The third-order valence-corrected chi connectivity index (χ3v) is 4.06. The van der Waals surface area contributed by atoms with Crippen LogP contribution in [0.5, 0.6) is 5.75 Å². The summed E-state index contributed by atoms with van der Waals surface area (Å²) in [5.41, 5.74) is 10.6. The second-order valence-electron chi connectivity index (χ2n) is 5.14. The first kappa shape index (κ1) is 15.7. The molecule has 0 aliphatic rings. The molecule has 0 radical (unpaired) electrons. The van der Waals surface area contributed by atoms with Crippen LogP contribution in [0, 0.1) is 13.8 Å². The van der Waals surface area contributed by atoms with Crippen molar-refractivity contribution in [3.05, 3.63) is 39.7 Å². The lowest BCUT2D eigenvalue weighted by molar-refractivity contribution is 0.290. The predicted octanol–water partition coefficient (Wildman–Crippen LogP) is 3.90. The van der Waals surface area contributed by atoms with Gasteiger partial charge in [-0.05, 0) is 50.5 Å². The second kappa shape index (κ2) is 6.39. The molecule has 0 amide bonds. The number of aromatic nitrogens is 2. The minimum Gasteiger partial charge on any atom is -0.487 e. The van der Waals surface area contributed by atoms with Gasteiger partial charge in [0.2, 0.25) is 0 Å². The van der Waals surface area contributed by atoms with Gasteiger partial charge in [0, 0.05) is 12.2 Å². The van der Waals surface area contributed by atoms with Crippen LogP contribution in [0.15, 0.2) is 12.1 Å². The van der Waals surface area contributed by atoms with Gasteiger partial charge in [0.15, 0.2) is 0 Å². The number of nitrogens with two attached hydrogens (primary N) is 1. The van der Waals surface area contributed by atoms with Crippen molar-refractivity contribution in [3.63, 3.8) is 0 Å². The van der Waals surface area contributed by atoms with Crippen molar-refractivity contribution in [2.24, 2.45) is 0 Å². The Morgan fingerprint density at radius 3 is 2.57 bits per heavy atom. The summed E-state index contributed by atoms with van der Waals surface area (Å²) < 4.78 is 7.84. The Kier molecular flexibility index (Phi) is 4.78. The molecule has 0 fully saturated rings. The van der Waals surface area contributed by atoms with Gasteiger partial charge in [-0.2, -0.15) is 5.10 Å². The molecule has 1 aromatic carbocycles. The highest BCUT2D eigenvalue weighted by Crippen LogP contribution is 2.27. The summed E-state index contributed by atoms with van der Waals surface area (Å²) in [7, 11) is 0. The minimum atomic E-state index is 0.407. The van der Waals surface area contributed by atoms with Gasteiger partial charge < -0.3 is 10.5 Å². The van der Waals surface area contributed by atoms with E-state index in [0.717, 1.165) is 46.9 Å². The van der Waals surface area contributed by atoms with Gasteiger partial charge in [-0.15, -0.1) is 0 Å². The van der Waals surface area contributed by atoms with E-state index in [-0.39, 0.29) is 0 Å². The van der Waals surface area contributed by atoms with E-state index in [1.807, 2.05) is 44.5 Å². The summed E-state index contributed by atoms with van der Waals surface area (Å²) in [5, 5.41) is 5.21. The van der Waals surface area contributed by atoms with Crippen molar-refractivity contribution >= 4 is 17.3 Å². The van der Waals surface area contributed by atoms with Crippen molar-refractivity contribution in [2.45, 2.75) is 47.3 Å². The van der Waals surface area contributed by atoms with E-state index >= 15 is 0 Å². The number of nitrogen functional groups attached to an aromatic ring is 1. The van der Waals surface area contributed by atoms with Crippen molar-refractivity contribution in [2.75, 3.05) is 5.73 Å². The number of nitrogens with zero attached hydrogens (tertiary/aromatic N) is 2. The van der Waals surface area contributed by atoms with Crippen LogP contribution in [0.4, 0.5) is 5.69 Å². The highest BCUT2D eigenvalue weighted by Gasteiger charge is 2.15. The zero-order chi connectivity index (χ0) is 15.6. The topological polar surface area (TPSA) is 53.1 Å². The van der Waals surface area contributed by atoms with Crippen LogP contribution >= 0.6 is 11.6 Å². The van der Waals surface area contributed by atoms with Gasteiger partial charge in [0.25, 0.3) is 0 Å². The number of anilines is 1. The van der Waals surface area contributed by atoms with E-state index in [4.69, 9.17) is 22.1 Å². The molecule has 0 saturated heterocycles. The molecule has 2 N–H and O–H groups in total. The molecule has 0 unspecified atom stereocenters. The normalized spacial score (nSPS) is 10.9. The molecule has 1 heterocycles. The third-order valence-electron chi connectivity index (χ3n) is 3.62. The largest absolute Gasteiger partial charge is 0.487 e. The Labute approximate surface area is 130 Å². The average molecular weight is 308 g/mol. The zero-order valence-electron chi connectivity index (χ0n) is 13.0. The highest BCUT2D eigenvalue weighted by atomic mass is 35.5. The SMILES string of the molecule is CCc1nn(CC)c(COc2cc(C)c(N)cc2C)c1Cl.